The lowest BCUT2D eigenvalue weighted by atomic mass is 10.0. The zero-order valence-corrected chi connectivity index (χ0v) is 11.0. The molecule has 0 spiro atoms. The molecule has 1 aromatic carbocycles. The molecule has 0 aliphatic rings. The molecule has 0 fully saturated rings. The Morgan fingerprint density at radius 3 is 2.22 bits per heavy atom. The summed E-state index contributed by atoms with van der Waals surface area (Å²) in [5.41, 5.74) is 0.825. The van der Waals surface area contributed by atoms with Gasteiger partial charge in [0, 0.05) is 12.0 Å². The molecule has 18 heavy (non-hydrogen) atoms. The van der Waals surface area contributed by atoms with Gasteiger partial charge in [0.15, 0.2) is 5.78 Å². The monoisotopic (exact) mass is 250 g/mol. The first kappa shape index (κ1) is 14.2. The van der Waals surface area contributed by atoms with Gasteiger partial charge >= 0.3 is 5.97 Å². The molecule has 0 N–H and O–H groups in total. The molecule has 98 valence electrons. The summed E-state index contributed by atoms with van der Waals surface area (Å²) < 4.78 is 10.3. The lowest BCUT2D eigenvalue weighted by molar-refractivity contribution is 0.0526. The van der Waals surface area contributed by atoms with Gasteiger partial charge in [-0.15, -0.1) is 0 Å². The molecule has 0 saturated carbocycles. The van der Waals surface area contributed by atoms with E-state index in [1.165, 1.54) is 0 Å². The van der Waals surface area contributed by atoms with Crippen molar-refractivity contribution >= 4 is 11.8 Å². The Hall–Kier alpha value is -1.84. The van der Waals surface area contributed by atoms with Crippen LogP contribution >= 0.6 is 0 Å². The molecule has 0 aliphatic carbocycles. The molecule has 1 rings (SSSR count). The first-order valence-electron chi connectivity index (χ1n) is 6.10. The molecule has 0 atom stereocenters. The topological polar surface area (TPSA) is 52.6 Å². The van der Waals surface area contributed by atoms with E-state index in [2.05, 4.69) is 0 Å². The van der Waals surface area contributed by atoms with Crippen molar-refractivity contribution in [3.8, 4) is 5.75 Å². The van der Waals surface area contributed by atoms with Crippen molar-refractivity contribution in [2.75, 3.05) is 13.2 Å². The highest BCUT2D eigenvalue weighted by Crippen LogP contribution is 2.19. The quantitative estimate of drug-likeness (QED) is 0.575. The summed E-state index contributed by atoms with van der Waals surface area (Å²) in [6.07, 6.45) is 0.387. The number of benzene rings is 1. The SMILES string of the molecule is CCOC(=O)c1cc(OCC)cc(C(=O)CC)c1. The Bertz CT molecular complexity index is 437. The standard InChI is InChI=1S/C14H18O4/c1-4-13(15)10-7-11(14(16)18-6-3)9-12(8-10)17-5-2/h7-9H,4-6H2,1-3H3. The third-order valence-electron chi connectivity index (χ3n) is 2.37. The first-order chi connectivity index (χ1) is 8.62. The van der Waals surface area contributed by atoms with Crippen LogP contribution in [0.1, 0.15) is 47.9 Å². The number of ether oxygens (including phenoxy) is 2. The smallest absolute Gasteiger partial charge is 0.338 e. The van der Waals surface area contributed by atoms with E-state index >= 15 is 0 Å². The van der Waals surface area contributed by atoms with E-state index in [1.807, 2.05) is 6.92 Å². The van der Waals surface area contributed by atoms with E-state index in [-0.39, 0.29) is 5.78 Å². The van der Waals surface area contributed by atoms with Crippen molar-refractivity contribution in [1.29, 1.82) is 0 Å². The molecule has 4 heteroatoms. The summed E-state index contributed by atoms with van der Waals surface area (Å²) in [5, 5.41) is 0. The van der Waals surface area contributed by atoms with Crippen LogP contribution < -0.4 is 4.74 Å². The second-order valence-electron chi connectivity index (χ2n) is 3.68. The zero-order chi connectivity index (χ0) is 13.5. The fourth-order valence-corrected chi connectivity index (χ4v) is 1.55. The molecule has 0 saturated heterocycles. The number of carbonyl (C=O) groups excluding carboxylic acids is 2. The molecule has 0 unspecified atom stereocenters. The van der Waals surface area contributed by atoms with E-state index in [1.54, 1.807) is 32.0 Å². The summed E-state index contributed by atoms with van der Waals surface area (Å²) in [4.78, 5) is 23.4. The van der Waals surface area contributed by atoms with Gasteiger partial charge in [0.25, 0.3) is 0 Å². The minimum atomic E-state index is -0.441. The number of hydrogen-bond donors (Lipinski definition) is 0. The predicted molar refractivity (Wildman–Crippen MR) is 68.2 cm³/mol. The van der Waals surface area contributed by atoms with E-state index in [4.69, 9.17) is 9.47 Å². The van der Waals surface area contributed by atoms with Crippen molar-refractivity contribution in [1.82, 2.24) is 0 Å². The second kappa shape index (κ2) is 6.79. The molecule has 4 nitrogen and oxygen atoms in total. The Labute approximate surface area is 107 Å². The van der Waals surface area contributed by atoms with Gasteiger partial charge < -0.3 is 9.47 Å². The van der Waals surface area contributed by atoms with Gasteiger partial charge in [-0.1, -0.05) is 6.92 Å². The van der Waals surface area contributed by atoms with Gasteiger partial charge in [-0.3, -0.25) is 4.79 Å². The first-order valence-corrected chi connectivity index (χ1v) is 6.10. The van der Waals surface area contributed by atoms with Crippen LogP contribution in [0.25, 0.3) is 0 Å². The highest BCUT2D eigenvalue weighted by molar-refractivity contribution is 5.99. The molecule has 0 aromatic heterocycles. The van der Waals surface area contributed by atoms with E-state index in [0.717, 1.165) is 0 Å². The minimum absolute atomic E-state index is 0.0258. The van der Waals surface area contributed by atoms with Crippen LogP contribution in [0.15, 0.2) is 18.2 Å². The average Bonchev–Trinajstić information content (AvgIpc) is 2.38. The lowest BCUT2D eigenvalue weighted by Crippen LogP contribution is -2.08. The van der Waals surface area contributed by atoms with E-state index in [9.17, 15) is 9.59 Å². The highest BCUT2D eigenvalue weighted by atomic mass is 16.5. The fraction of sp³-hybridized carbons (Fsp3) is 0.429. The Balaban J connectivity index is 3.13. The van der Waals surface area contributed by atoms with Gasteiger partial charge in [0.05, 0.1) is 18.8 Å². The maximum Gasteiger partial charge on any atom is 0.338 e. The van der Waals surface area contributed by atoms with Crippen LogP contribution in [0.5, 0.6) is 5.75 Å². The predicted octanol–water partition coefficient (Wildman–Crippen LogP) is 2.85. The van der Waals surface area contributed by atoms with Crippen LogP contribution in [-0.2, 0) is 4.74 Å². The summed E-state index contributed by atoms with van der Waals surface area (Å²) >= 11 is 0. The van der Waals surface area contributed by atoms with Gasteiger partial charge in [0.1, 0.15) is 5.75 Å². The number of carbonyl (C=O) groups is 2. The largest absolute Gasteiger partial charge is 0.494 e. The van der Waals surface area contributed by atoms with Crippen molar-refractivity contribution < 1.29 is 19.1 Å². The summed E-state index contributed by atoms with van der Waals surface area (Å²) in [7, 11) is 0. The Morgan fingerprint density at radius 1 is 1.00 bits per heavy atom. The molecule has 0 aliphatic heterocycles. The number of ketones is 1. The number of hydrogen-bond acceptors (Lipinski definition) is 4. The van der Waals surface area contributed by atoms with Crippen molar-refractivity contribution in [2.24, 2.45) is 0 Å². The van der Waals surface area contributed by atoms with Crippen LogP contribution in [0.3, 0.4) is 0 Å². The Morgan fingerprint density at radius 2 is 1.67 bits per heavy atom. The van der Waals surface area contributed by atoms with Crippen LogP contribution in [0.4, 0.5) is 0 Å². The molecule has 0 bridgehead atoms. The van der Waals surface area contributed by atoms with Gasteiger partial charge in [-0.25, -0.2) is 4.79 Å². The zero-order valence-electron chi connectivity index (χ0n) is 11.0. The molecular formula is C14H18O4. The lowest BCUT2D eigenvalue weighted by Gasteiger charge is -2.09. The fourth-order valence-electron chi connectivity index (χ4n) is 1.55. The molecular weight excluding hydrogens is 232 g/mol. The van der Waals surface area contributed by atoms with Crippen molar-refractivity contribution in [3.63, 3.8) is 0 Å². The van der Waals surface area contributed by atoms with Crippen LogP contribution in [0, 0.1) is 0 Å². The summed E-state index contributed by atoms with van der Waals surface area (Å²) in [6.45, 7) is 6.14. The second-order valence-corrected chi connectivity index (χ2v) is 3.68. The maximum atomic E-state index is 11.7. The van der Waals surface area contributed by atoms with E-state index < -0.39 is 5.97 Å². The normalized spacial score (nSPS) is 9.94. The average molecular weight is 250 g/mol. The summed E-state index contributed by atoms with van der Waals surface area (Å²) in [6, 6.07) is 4.79. The third kappa shape index (κ3) is 3.58. The minimum Gasteiger partial charge on any atom is -0.494 e. The number of esters is 1. The number of rotatable bonds is 6. The molecule has 1 aromatic rings. The van der Waals surface area contributed by atoms with Crippen LogP contribution in [0.2, 0.25) is 0 Å². The van der Waals surface area contributed by atoms with Gasteiger partial charge in [0.2, 0.25) is 0 Å². The van der Waals surface area contributed by atoms with Crippen molar-refractivity contribution in [2.45, 2.75) is 27.2 Å². The number of Topliss-reactive ketones (excluding diaryl/α,β-unsaturated/α-hetero) is 1. The van der Waals surface area contributed by atoms with Gasteiger partial charge in [-0.05, 0) is 32.0 Å². The van der Waals surface area contributed by atoms with Gasteiger partial charge in [-0.2, -0.15) is 0 Å². The molecule has 0 radical (unpaired) electrons. The Kier molecular flexibility index (Phi) is 5.36. The maximum absolute atomic E-state index is 11.7. The molecule has 0 heterocycles. The van der Waals surface area contributed by atoms with Crippen molar-refractivity contribution in [3.05, 3.63) is 29.3 Å². The third-order valence-corrected chi connectivity index (χ3v) is 2.37. The van der Waals surface area contributed by atoms with E-state index in [0.29, 0.717) is 36.5 Å². The highest BCUT2D eigenvalue weighted by Gasteiger charge is 2.13. The van der Waals surface area contributed by atoms with Crippen LogP contribution in [-0.4, -0.2) is 25.0 Å². The molecule has 0 amide bonds. The summed E-state index contributed by atoms with van der Waals surface area (Å²) in [5.74, 6) is 0.0474.